The first kappa shape index (κ1) is 14.2. The van der Waals surface area contributed by atoms with Crippen LogP contribution in [0.5, 0.6) is 5.75 Å². The van der Waals surface area contributed by atoms with Crippen molar-refractivity contribution in [3.63, 3.8) is 0 Å². The van der Waals surface area contributed by atoms with Crippen molar-refractivity contribution < 1.29 is 9.53 Å². The summed E-state index contributed by atoms with van der Waals surface area (Å²) in [6.07, 6.45) is 2.69. The quantitative estimate of drug-likeness (QED) is 0.857. The van der Waals surface area contributed by atoms with Crippen LogP contribution in [0.15, 0.2) is 24.3 Å². The molecule has 1 aromatic rings. The molecule has 1 aliphatic carbocycles. The van der Waals surface area contributed by atoms with Crippen LogP contribution in [0, 0.1) is 5.92 Å². The second-order valence-electron chi connectivity index (χ2n) is 5.08. The van der Waals surface area contributed by atoms with Crippen LogP contribution in [-0.4, -0.2) is 25.1 Å². The van der Waals surface area contributed by atoms with E-state index in [1.165, 1.54) is 0 Å². The van der Waals surface area contributed by atoms with Gasteiger partial charge in [0, 0.05) is 12.0 Å². The molecule has 2 aliphatic rings. The number of nitrogens with zero attached hydrogens (tertiary/aromatic N) is 1. The Balaban J connectivity index is 0.00000133. The number of rotatable bonds is 1. The summed E-state index contributed by atoms with van der Waals surface area (Å²) in [7, 11) is 0. The Morgan fingerprint density at radius 3 is 2.84 bits per heavy atom. The van der Waals surface area contributed by atoms with Gasteiger partial charge in [-0.2, -0.15) is 0 Å². The van der Waals surface area contributed by atoms with Crippen molar-refractivity contribution in [3.8, 4) is 5.75 Å². The molecule has 4 nitrogen and oxygen atoms in total. The summed E-state index contributed by atoms with van der Waals surface area (Å²) in [5, 5.41) is 0. The Kier molecular flexibility index (Phi) is 4.32. The second-order valence-corrected chi connectivity index (χ2v) is 5.08. The topological polar surface area (TPSA) is 55.6 Å². The van der Waals surface area contributed by atoms with Gasteiger partial charge in [0.05, 0.1) is 12.2 Å². The molecule has 2 N–H and O–H groups in total. The second kappa shape index (κ2) is 5.80. The van der Waals surface area contributed by atoms with E-state index in [-0.39, 0.29) is 30.3 Å². The van der Waals surface area contributed by atoms with E-state index in [0.717, 1.165) is 30.7 Å². The number of fused-ring (bicyclic) bond motifs is 1. The molecular formula is C14H19ClN2O2. The van der Waals surface area contributed by atoms with E-state index >= 15 is 0 Å². The van der Waals surface area contributed by atoms with Crippen molar-refractivity contribution in [2.45, 2.75) is 25.3 Å². The van der Waals surface area contributed by atoms with Crippen LogP contribution in [0.3, 0.4) is 0 Å². The molecule has 5 heteroatoms. The molecule has 0 aromatic heterocycles. The van der Waals surface area contributed by atoms with Crippen molar-refractivity contribution in [2.75, 3.05) is 18.1 Å². The highest BCUT2D eigenvalue weighted by atomic mass is 35.5. The maximum Gasteiger partial charge on any atom is 0.230 e. The lowest BCUT2D eigenvalue weighted by Gasteiger charge is -2.31. The summed E-state index contributed by atoms with van der Waals surface area (Å²) in [4.78, 5) is 14.4. The molecule has 1 aliphatic heterocycles. The summed E-state index contributed by atoms with van der Waals surface area (Å²) in [5.74, 6) is 1.10. The molecule has 19 heavy (non-hydrogen) atoms. The van der Waals surface area contributed by atoms with Crippen LogP contribution in [-0.2, 0) is 4.79 Å². The summed E-state index contributed by atoms with van der Waals surface area (Å²) >= 11 is 0. The van der Waals surface area contributed by atoms with Gasteiger partial charge in [0.1, 0.15) is 12.4 Å². The number of benzene rings is 1. The zero-order valence-corrected chi connectivity index (χ0v) is 11.6. The van der Waals surface area contributed by atoms with Crippen molar-refractivity contribution in [3.05, 3.63) is 24.3 Å². The van der Waals surface area contributed by atoms with E-state index in [1.54, 1.807) is 0 Å². The van der Waals surface area contributed by atoms with Gasteiger partial charge in [0.2, 0.25) is 5.91 Å². The largest absolute Gasteiger partial charge is 0.490 e. The molecule has 2 atom stereocenters. The highest BCUT2D eigenvalue weighted by Gasteiger charge is 2.33. The van der Waals surface area contributed by atoms with E-state index in [1.807, 2.05) is 29.2 Å². The molecule has 0 bridgehead atoms. The number of ether oxygens (including phenoxy) is 1. The molecular weight excluding hydrogens is 264 g/mol. The van der Waals surface area contributed by atoms with Crippen LogP contribution < -0.4 is 15.4 Å². The first-order chi connectivity index (χ1) is 8.75. The van der Waals surface area contributed by atoms with Gasteiger partial charge >= 0.3 is 0 Å². The Labute approximate surface area is 119 Å². The summed E-state index contributed by atoms with van der Waals surface area (Å²) in [5.41, 5.74) is 6.79. The smallest absolute Gasteiger partial charge is 0.230 e. The number of carbonyl (C=O) groups is 1. The average molecular weight is 283 g/mol. The summed E-state index contributed by atoms with van der Waals surface area (Å²) in [6.45, 7) is 1.21. The fraction of sp³-hybridized carbons (Fsp3) is 0.500. The maximum absolute atomic E-state index is 12.5. The molecule has 0 spiro atoms. The highest BCUT2D eigenvalue weighted by molar-refractivity contribution is 5.97. The Morgan fingerprint density at radius 2 is 2.11 bits per heavy atom. The van der Waals surface area contributed by atoms with Gasteiger partial charge in [-0.3, -0.25) is 4.79 Å². The Bertz CT molecular complexity index is 467. The highest BCUT2D eigenvalue weighted by Crippen LogP contribution is 2.34. The van der Waals surface area contributed by atoms with E-state index in [9.17, 15) is 4.79 Å². The van der Waals surface area contributed by atoms with Crippen molar-refractivity contribution in [2.24, 2.45) is 11.7 Å². The average Bonchev–Trinajstić information content (AvgIpc) is 2.84. The Morgan fingerprint density at radius 1 is 1.32 bits per heavy atom. The van der Waals surface area contributed by atoms with Gasteiger partial charge in [0.15, 0.2) is 0 Å². The van der Waals surface area contributed by atoms with Crippen LogP contribution in [0.2, 0.25) is 0 Å². The van der Waals surface area contributed by atoms with E-state index in [0.29, 0.717) is 13.2 Å². The molecule has 1 saturated carbocycles. The number of amides is 1. The van der Waals surface area contributed by atoms with E-state index < -0.39 is 0 Å². The molecule has 2 unspecified atom stereocenters. The van der Waals surface area contributed by atoms with Gasteiger partial charge in [-0.15, -0.1) is 12.4 Å². The molecule has 0 saturated heterocycles. The molecule has 1 aromatic carbocycles. The summed E-state index contributed by atoms with van der Waals surface area (Å²) in [6, 6.07) is 7.92. The third kappa shape index (κ3) is 2.69. The minimum Gasteiger partial charge on any atom is -0.490 e. The number of halogens is 1. The number of hydrogen-bond acceptors (Lipinski definition) is 3. The van der Waals surface area contributed by atoms with Gasteiger partial charge in [-0.1, -0.05) is 12.1 Å². The van der Waals surface area contributed by atoms with Crippen LogP contribution in [0.1, 0.15) is 19.3 Å². The zero-order valence-electron chi connectivity index (χ0n) is 10.7. The minimum absolute atomic E-state index is 0. The number of anilines is 1. The molecule has 1 fully saturated rings. The number of para-hydroxylation sites is 2. The SMILES string of the molecule is Cl.NC1CCC(C(=O)N2CCOc3ccccc32)C1. The first-order valence-electron chi connectivity index (χ1n) is 6.54. The summed E-state index contributed by atoms with van der Waals surface area (Å²) < 4.78 is 5.57. The lowest BCUT2D eigenvalue weighted by Crippen LogP contribution is -2.41. The predicted octanol–water partition coefficient (Wildman–Crippen LogP) is 1.96. The number of nitrogens with two attached hydrogens (primary N) is 1. The van der Waals surface area contributed by atoms with Crippen LogP contribution >= 0.6 is 12.4 Å². The van der Waals surface area contributed by atoms with Gasteiger partial charge in [0.25, 0.3) is 0 Å². The fourth-order valence-electron chi connectivity index (χ4n) is 2.86. The maximum atomic E-state index is 12.5. The number of hydrogen-bond donors (Lipinski definition) is 1. The lowest BCUT2D eigenvalue weighted by atomic mass is 10.1. The van der Waals surface area contributed by atoms with Crippen LogP contribution in [0.4, 0.5) is 5.69 Å². The van der Waals surface area contributed by atoms with Crippen molar-refractivity contribution in [1.82, 2.24) is 0 Å². The molecule has 1 amide bonds. The molecule has 104 valence electrons. The standard InChI is InChI=1S/C14H18N2O2.ClH/c15-11-6-5-10(9-11)14(17)16-7-8-18-13-4-2-1-3-12(13)16;/h1-4,10-11H,5-9,15H2;1H. The van der Waals surface area contributed by atoms with E-state index in [4.69, 9.17) is 10.5 Å². The Hall–Kier alpha value is -1.26. The van der Waals surface area contributed by atoms with E-state index in [2.05, 4.69) is 0 Å². The zero-order chi connectivity index (χ0) is 12.5. The minimum atomic E-state index is 0. The third-order valence-corrected chi connectivity index (χ3v) is 3.82. The normalized spacial score (nSPS) is 25.2. The van der Waals surface area contributed by atoms with Gasteiger partial charge in [-0.25, -0.2) is 0 Å². The molecule has 3 rings (SSSR count). The van der Waals surface area contributed by atoms with Crippen molar-refractivity contribution in [1.29, 1.82) is 0 Å². The number of carbonyl (C=O) groups excluding carboxylic acids is 1. The third-order valence-electron chi connectivity index (χ3n) is 3.82. The fourth-order valence-corrected chi connectivity index (χ4v) is 2.86. The van der Waals surface area contributed by atoms with Gasteiger partial charge in [-0.05, 0) is 31.4 Å². The molecule has 0 radical (unpaired) electrons. The first-order valence-corrected chi connectivity index (χ1v) is 6.54. The lowest BCUT2D eigenvalue weighted by molar-refractivity contribution is -0.122. The predicted molar refractivity (Wildman–Crippen MR) is 76.9 cm³/mol. The molecule has 1 heterocycles. The monoisotopic (exact) mass is 282 g/mol. The van der Waals surface area contributed by atoms with Gasteiger partial charge < -0.3 is 15.4 Å². The van der Waals surface area contributed by atoms with Crippen LogP contribution in [0.25, 0.3) is 0 Å². The van der Waals surface area contributed by atoms with Crippen molar-refractivity contribution >= 4 is 24.0 Å².